The van der Waals surface area contributed by atoms with Crippen molar-refractivity contribution >= 4 is 28.0 Å². The van der Waals surface area contributed by atoms with Crippen molar-refractivity contribution in [2.45, 2.75) is 320 Å². The van der Waals surface area contributed by atoms with E-state index in [1.807, 2.05) is 0 Å². The number of rotatable bonds is 57. The van der Waals surface area contributed by atoms with E-state index >= 15 is 0 Å². The highest BCUT2D eigenvalue weighted by Crippen LogP contribution is 2.45. The van der Waals surface area contributed by atoms with Gasteiger partial charge in [-0.3, -0.25) is 0 Å². The Hall–Kier alpha value is -1.01. The lowest BCUT2D eigenvalue weighted by Crippen LogP contribution is -2.36. The molecule has 0 amide bonds. The van der Waals surface area contributed by atoms with Gasteiger partial charge in [-0.25, -0.2) is 0 Å². The van der Waals surface area contributed by atoms with Gasteiger partial charge in [0.25, 0.3) is 0 Å². The highest BCUT2D eigenvalue weighted by atomic mass is 35.5. The third-order valence-electron chi connectivity index (χ3n) is 17.1. The molecule has 0 aromatic heterocycles. The average molecular weight is 1090 g/mol. The van der Waals surface area contributed by atoms with Crippen LogP contribution in [0.25, 0.3) is 0 Å². The Kier molecular flexibility index (Phi) is 51.3. The van der Waals surface area contributed by atoms with Crippen LogP contribution in [0.2, 0.25) is 0 Å². The Morgan fingerprint density at radius 1 is 0.453 bits per heavy atom. The molecule has 2 fully saturated rings. The number of hydrogen-bond acceptors (Lipinski definition) is 6. The first-order chi connectivity index (χ1) is 37.1. The minimum absolute atomic E-state index is 0.356. The van der Waals surface area contributed by atoms with Crippen molar-refractivity contribution in [1.82, 2.24) is 0 Å². The van der Waals surface area contributed by atoms with Crippen LogP contribution in [0, 0.1) is 23.7 Å². The minimum atomic E-state index is 0.356. The zero-order valence-electron chi connectivity index (χ0n) is 49.2. The van der Waals surface area contributed by atoms with Gasteiger partial charge in [-0.1, -0.05) is 249 Å². The molecule has 2 saturated carbocycles. The van der Waals surface area contributed by atoms with E-state index in [-0.39, 0.29) is 0 Å². The zero-order valence-corrected chi connectivity index (χ0v) is 50.8. The number of ether oxygens (including phenoxy) is 1. The molecule has 5 atom stereocenters. The van der Waals surface area contributed by atoms with Crippen molar-refractivity contribution in [3.8, 4) is 0 Å². The van der Waals surface area contributed by atoms with Gasteiger partial charge < -0.3 is 19.6 Å². The molecule has 0 heterocycles. The topological polar surface area (TPSA) is 66.4 Å². The Morgan fingerprint density at radius 3 is 1.25 bits per heavy atom. The molecule has 2 aliphatic rings. The number of unbranched alkanes of at least 4 members (excludes halogenated alkanes) is 34. The lowest BCUT2D eigenvalue weighted by molar-refractivity contribution is -0.248. The SMILES string of the molecule is C=C=COOCCCCCCCCCCCCC(OCCCCCCCCCCCS(=C)CCCCCCCCCCCCO)C(CCCCCCCCCCCOOC=C=C)C1CCC(C2CCCCC2Cl)CC1. The van der Waals surface area contributed by atoms with Crippen molar-refractivity contribution in [1.29, 1.82) is 0 Å². The Labute approximate surface area is 473 Å². The van der Waals surface area contributed by atoms with Crippen LogP contribution in [0.1, 0.15) is 308 Å². The van der Waals surface area contributed by atoms with Crippen molar-refractivity contribution in [2.24, 2.45) is 23.7 Å². The lowest BCUT2D eigenvalue weighted by Gasteiger charge is -2.42. The maximum atomic E-state index is 8.92. The first-order valence-corrected chi connectivity index (χ1v) is 34.9. The van der Waals surface area contributed by atoms with Gasteiger partial charge in [0, 0.05) is 18.6 Å². The molecule has 75 heavy (non-hydrogen) atoms. The second kappa shape index (κ2) is 54.9. The number of aliphatic hydroxyl groups excluding tert-OH is 1. The fourth-order valence-electron chi connectivity index (χ4n) is 12.5. The molecule has 0 aromatic rings. The van der Waals surface area contributed by atoms with Crippen LogP contribution in [-0.4, -0.2) is 60.4 Å². The van der Waals surface area contributed by atoms with E-state index in [0.29, 0.717) is 47.7 Å². The molecule has 0 spiro atoms. The largest absolute Gasteiger partial charge is 0.396 e. The third-order valence-corrected chi connectivity index (χ3v) is 19.4. The molecule has 0 aliphatic heterocycles. The minimum Gasteiger partial charge on any atom is -0.396 e. The van der Waals surface area contributed by atoms with Gasteiger partial charge in [0.1, 0.15) is 0 Å². The van der Waals surface area contributed by atoms with E-state index < -0.39 is 0 Å². The van der Waals surface area contributed by atoms with Crippen LogP contribution in [0.3, 0.4) is 0 Å². The fraction of sp³-hybridized carbons (Fsp3) is 0.896. The maximum Gasteiger partial charge on any atom is 0.171 e. The molecule has 6 nitrogen and oxygen atoms in total. The van der Waals surface area contributed by atoms with Crippen LogP contribution >= 0.6 is 22.1 Å². The standard InChI is InChI=1S/C67H123ClO6S/c1-4-55-71-73-58-42-32-24-16-8-6-13-21-29-37-49-67(70-57-41-31-23-15-11-19-27-35-45-61-75(3)60-44-34-26-18-9-7-14-22-30-40-54-69)65(63-52-50-62(51-53-63)64-46-38-39-48-66(64)68)47-36-28-20-12-10-17-25-33-43-59-74-72-56-5-2/h55-56,62-67,69H,1-3,6-54,57-61H2. The highest BCUT2D eigenvalue weighted by molar-refractivity contribution is 8.14. The van der Waals surface area contributed by atoms with Crippen molar-refractivity contribution < 1.29 is 29.4 Å². The van der Waals surface area contributed by atoms with E-state index in [4.69, 9.17) is 41.0 Å². The van der Waals surface area contributed by atoms with Crippen molar-refractivity contribution in [2.75, 3.05) is 37.9 Å². The van der Waals surface area contributed by atoms with E-state index in [2.05, 4.69) is 30.5 Å². The third kappa shape index (κ3) is 42.5. The molecule has 2 aliphatic carbocycles. The zero-order chi connectivity index (χ0) is 53.6. The molecule has 0 aromatic carbocycles. The average Bonchev–Trinajstić information content (AvgIpc) is 3.42. The summed E-state index contributed by atoms with van der Waals surface area (Å²) in [7, 11) is 0.374. The first-order valence-electron chi connectivity index (χ1n) is 32.7. The normalized spacial score (nSPS) is 19.0. The van der Waals surface area contributed by atoms with E-state index in [1.165, 1.54) is 313 Å². The Balaban J connectivity index is 1.77. The van der Waals surface area contributed by atoms with Crippen LogP contribution in [-0.2, 0) is 24.3 Å². The summed E-state index contributed by atoms with van der Waals surface area (Å²) in [5, 5.41) is 9.33. The Bertz CT molecular complexity index is 1330. The molecular weight excluding hydrogens is 968 g/mol. The molecule has 0 saturated heterocycles. The number of aliphatic hydroxyl groups is 1. The van der Waals surface area contributed by atoms with Crippen LogP contribution in [0.5, 0.6) is 0 Å². The van der Waals surface area contributed by atoms with Crippen LogP contribution in [0.4, 0.5) is 0 Å². The second-order valence-electron chi connectivity index (χ2n) is 23.4. The summed E-state index contributed by atoms with van der Waals surface area (Å²) in [6.07, 6.45) is 66.9. The summed E-state index contributed by atoms with van der Waals surface area (Å²) in [5.74, 6) is 10.4. The molecule has 0 bridgehead atoms. The van der Waals surface area contributed by atoms with Crippen LogP contribution < -0.4 is 0 Å². The lowest BCUT2D eigenvalue weighted by atomic mass is 9.66. The van der Waals surface area contributed by atoms with Gasteiger partial charge in [0.15, 0.2) is 12.5 Å². The van der Waals surface area contributed by atoms with Gasteiger partial charge in [-0.2, -0.15) is 20.3 Å². The molecule has 0 radical (unpaired) electrons. The smallest absolute Gasteiger partial charge is 0.171 e. The highest BCUT2D eigenvalue weighted by Gasteiger charge is 2.37. The van der Waals surface area contributed by atoms with Crippen molar-refractivity contribution in [3.63, 3.8) is 0 Å². The summed E-state index contributed by atoms with van der Waals surface area (Å²) >= 11 is 7.03. The summed E-state index contributed by atoms with van der Waals surface area (Å²) < 4.78 is 7.18. The molecule has 440 valence electrons. The fourth-order valence-corrected chi connectivity index (χ4v) is 14.5. The number of halogens is 1. The van der Waals surface area contributed by atoms with Gasteiger partial charge >= 0.3 is 0 Å². The van der Waals surface area contributed by atoms with E-state index in [1.54, 1.807) is 0 Å². The molecular formula is C67H123ClO6S. The quantitative estimate of drug-likeness (QED) is 0.0125. The summed E-state index contributed by atoms with van der Waals surface area (Å²) in [5.41, 5.74) is 5.13. The maximum absolute atomic E-state index is 8.92. The van der Waals surface area contributed by atoms with Gasteiger partial charge in [0.05, 0.1) is 19.3 Å². The summed E-state index contributed by atoms with van der Waals surface area (Å²) in [6, 6.07) is 0. The number of alkyl halides is 1. The van der Waals surface area contributed by atoms with Gasteiger partial charge in [-0.15, -0.1) is 11.6 Å². The monoisotopic (exact) mass is 1090 g/mol. The first kappa shape index (κ1) is 70.1. The molecule has 5 unspecified atom stereocenters. The summed E-state index contributed by atoms with van der Waals surface area (Å²) in [6.45, 7) is 9.56. The molecule has 8 heteroatoms. The van der Waals surface area contributed by atoms with Gasteiger partial charge in [0.2, 0.25) is 0 Å². The molecule has 2 rings (SSSR count). The Morgan fingerprint density at radius 2 is 0.827 bits per heavy atom. The number of hydrogen-bond donors (Lipinski definition) is 1. The van der Waals surface area contributed by atoms with Gasteiger partial charge in [-0.05, 0) is 125 Å². The summed E-state index contributed by atoms with van der Waals surface area (Å²) in [4.78, 5) is 20.0. The van der Waals surface area contributed by atoms with E-state index in [0.717, 1.165) is 43.6 Å². The molecule has 1 N–H and O–H groups in total. The van der Waals surface area contributed by atoms with E-state index in [9.17, 15) is 0 Å². The predicted molar refractivity (Wildman–Crippen MR) is 328 cm³/mol. The predicted octanol–water partition coefficient (Wildman–Crippen LogP) is 21.4. The van der Waals surface area contributed by atoms with Crippen LogP contribution in [0.15, 0.2) is 37.1 Å². The van der Waals surface area contributed by atoms with Crippen molar-refractivity contribution in [3.05, 3.63) is 37.1 Å². The second-order valence-corrected chi connectivity index (χ2v) is 26.1.